The largest absolute Gasteiger partial charge is 0.480 e. The molecule has 9 heteroatoms. The highest BCUT2D eigenvalue weighted by Crippen LogP contribution is 2.39. The van der Waals surface area contributed by atoms with Crippen LogP contribution in [0.25, 0.3) is 0 Å². The maximum Gasteiger partial charge on any atom is 0.327 e. The van der Waals surface area contributed by atoms with Crippen molar-refractivity contribution in [2.75, 3.05) is 5.75 Å². The van der Waals surface area contributed by atoms with Gasteiger partial charge in [-0.05, 0) is 0 Å². The highest BCUT2D eigenvalue weighted by atomic mass is 79.9. The number of alkyl halides is 4. The summed E-state index contributed by atoms with van der Waals surface area (Å²) in [6, 6.07) is -1.33. The van der Waals surface area contributed by atoms with E-state index in [9.17, 15) is 18.4 Å². The zero-order chi connectivity index (χ0) is 12.9. The molecule has 0 bridgehead atoms. The van der Waals surface area contributed by atoms with E-state index in [1.807, 2.05) is 0 Å². The molecule has 1 amide bonds. The molecule has 0 aromatic heterocycles. The van der Waals surface area contributed by atoms with Crippen LogP contribution in [0.5, 0.6) is 0 Å². The Labute approximate surface area is 112 Å². The summed E-state index contributed by atoms with van der Waals surface area (Å²) < 4.78 is 24.9. The molecule has 0 fully saturated rings. The summed E-state index contributed by atoms with van der Waals surface area (Å²) in [4.78, 5) is 21.3. The lowest BCUT2D eigenvalue weighted by atomic mass is 10.3. The lowest BCUT2D eigenvalue weighted by Gasteiger charge is -2.19. The summed E-state index contributed by atoms with van der Waals surface area (Å²) >= 11 is 5.43. The molecule has 0 saturated heterocycles. The Kier molecular flexibility index (Phi) is 6.80. The van der Waals surface area contributed by atoms with Crippen LogP contribution in [0.2, 0.25) is 0 Å². The first-order valence-corrected chi connectivity index (χ1v) is 6.78. The van der Waals surface area contributed by atoms with Crippen molar-refractivity contribution in [3.05, 3.63) is 0 Å². The van der Waals surface area contributed by atoms with Gasteiger partial charge in [-0.3, -0.25) is 4.79 Å². The minimum atomic E-state index is -3.16. The van der Waals surface area contributed by atoms with Crippen LogP contribution in [0, 0.1) is 0 Å². The summed E-state index contributed by atoms with van der Waals surface area (Å²) in [5.41, 5.74) is 0. The Hall–Kier alpha value is 0.110. The molecule has 0 aromatic rings. The monoisotopic (exact) mass is 383 g/mol. The minimum absolute atomic E-state index is 0.143. The number of halogens is 4. The van der Waals surface area contributed by atoms with Gasteiger partial charge >= 0.3 is 11.2 Å². The number of carbonyl (C=O) groups is 2. The van der Waals surface area contributed by atoms with Crippen molar-refractivity contribution in [1.29, 1.82) is 0 Å². The van der Waals surface area contributed by atoms with Crippen LogP contribution >= 0.6 is 43.6 Å². The average Bonchev–Trinajstić information content (AvgIpc) is 2.10. The molecule has 16 heavy (non-hydrogen) atoms. The summed E-state index contributed by atoms with van der Waals surface area (Å²) in [5, 5.41) is 7.57. The highest BCUT2D eigenvalue weighted by molar-refractivity contribution is 9.24. The second-order valence-electron chi connectivity index (χ2n) is 2.76. The van der Waals surface area contributed by atoms with E-state index >= 15 is 0 Å². The summed E-state index contributed by atoms with van der Waals surface area (Å²) in [6.07, 6.45) is 0. The molecule has 0 rings (SSSR count). The fraction of sp³-hybridized carbons (Fsp3) is 0.714. The number of carboxylic acid groups (broad SMARTS) is 1. The van der Waals surface area contributed by atoms with E-state index < -0.39 is 32.7 Å². The Morgan fingerprint density at radius 1 is 1.50 bits per heavy atom. The summed E-state index contributed by atoms with van der Waals surface area (Å²) in [7, 11) is 0. The van der Waals surface area contributed by atoms with Gasteiger partial charge in [0.25, 0.3) is 0 Å². The lowest BCUT2D eigenvalue weighted by molar-refractivity contribution is -0.140. The van der Waals surface area contributed by atoms with Gasteiger partial charge in [0.15, 0.2) is 0 Å². The molecule has 0 aliphatic rings. The maximum absolute atomic E-state index is 13.1. The van der Waals surface area contributed by atoms with Crippen molar-refractivity contribution in [3.63, 3.8) is 0 Å². The second kappa shape index (κ2) is 6.75. The number of thioether (sulfide) groups is 1. The number of aliphatic carboxylic acids is 1. The number of hydrogen-bond donors (Lipinski definition) is 2. The van der Waals surface area contributed by atoms with Crippen LogP contribution in [-0.4, -0.2) is 37.8 Å². The number of carbonyl (C=O) groups excluding carboxylic acids is 1. The SMILES string of the molecule is CC(=O)N[C@@H](CSC(F)(F)C(Br)Br)C(=O)O. The number of amides is 1. The van der Waals surface area contributed by atoms with Crippen molar-refractivity contribution in [2.24, 2.45) is 0 Å². The van der Waals surface area contributed by atoms with Gasteiger partial charge in [-0.1, -0.05) is 43.6 Å². The number of carboxylic acids is 1. The molecular weight excluding hydrogens is 376 g/mol. The third kappa shape index (κ3) is 6.00. The third-order valence-corrected chi connectivity index (χ3v) is 4.25. The van der Waals surface area contributed by atoms with Crippen LogP contribution in [0.15, 0.2) is 0 Å². The zero-order valence-electron chi connectivity index (χ0n) is 8.05. The second-order valence-corrected chi connectivity index (χ2v) is 6.99. The molecule has 0 spiro atoms. The van der Waals surface area contributed by atoms with Crippen LogP contribution in [-0.2, 0) is 9.59 Å². The highest BCUT2D eigenvalue weighted by Gasteiger charge is 2.38. The van der Waals surface area contributed by atoms with Gasteiger partial charge in [-0.2, -0.15) is 8.78 Å². The molecule has 2 N–H and O–H groups in total. The average molecular weight is 385 g/mol. The molecule has 0 unspecified atom stereocenters. The Balaban J connectivity index is 4.33. The van der Waals surface area contributed by atoms with Crippen molar-refractivity contribution in [2.45, 2.75) is 22.0 Å². The molecule has 94 valence electrons. The third-order valence-electron chi connectivity index (χ3n) is 1.37. The van der Waals surface area contributed by atoms with E-state index in [-0.39, 0.29) is 11.8 Å². The van der Waals surface area contributed by atoms with Gasteiger partial charge < -0.3 is 10.4 Å². The quantitative estimate of drug-likeness (QED) is 0.687. The minimum Gasteiger partial charge on any atom is -0.480 e. The van der Waals surface area contributed by atoms with E-state index in [1.165, 1.54) is 0 Å². The van der Waals surface area contributed by atoms with Crippen LogP contribution < -0.4 is 5.32 Å². The van der Waals surface area contributed by atoms with E-state index in [2.05, 4.69) is 37.2 Å². The van der Waals surface area contributed by atoms with Gasteiger partial charge in [0, 0.05) is 12.7 Å². The fourth-order valence-corrected chi connectivity index (χ4v) is 2.21. The van der Waals surface area contributed by atoms with Crippen LogP contribution in [0.4, 0.5) is 8.78 Å². The predicted octanol–water partition coefficient (Wildman–Crippen LogP) is 2.02. The Morgan fingerprint density at radius 3 is 2.31 bits per heavy atom. The molecule has 0 heterocycles. The smallest absolute Gasteiger partial charge is 0.327 e. The van der Waals surface area contributed by atoms with Crippen molar-refractivity contribution < 1.29 is 23.5 Å². The number of nitrogens with one attached hydrogen (secondary N) is 1. The summed E-state index contributed by atoms with van der Waals surface area (Å²) in [5.74, 6) is -2.35. The van der Waals surface area contributed by atoms with Crippen LogP contribution in [0.3, 0.4) is 0 Å². The van der Waals surface area contributed by atoms with Crippen LogP contribution in [0.1, 0.15) is 6.92 Å². The van der Waals surface area contributed by atoms with E-state index in [4.69, 9.17) is 5.11 Å². The van der Waals surface area contributed by atoms with Crippen molar-refractivity contribution >= 4 is 55.5 Å². The number of hydrogen-bond acceptors (Lipinski definition) is 3. The van der Waals surface area contributed by atoms with Gasteiger partial charge in [0.05, 0.1) is 0 Å². The fourth-order valence-electron chi connectivity index (χ4n) is 0.677. The molecule has 0 radical (unpaired) electrons. The number of rotatable bonds is 6. The van der Waals surface area contributed by atoms with Gasteiger partial charge in [-0.15, -0.1) is 0 Å². The summed E-state index contributed by atoms with van der Waals surface area (Å²) in [6.45, 7) is 1.12. The molecular formula is C7H9Br2F2NO3S. The Morgan fingerprint density at radius 2 is 2.00 bits per heavy atom. The normalized spacial score (nSPS) is 13.6. The van der Waals surface area contributed by atoms with Gasteiger partial charge in [-0.25, -0.2) is 4.79 Å². The van der Waals surface area contributed by atoms with Gasteiger partial charge in [0.2, 0.25) is 5.91 Å². The standard InChI is InChI=1S/C7H9Br2F2NO3S/c1-3(13)12-4(5(14)15)2-16-7(10,11)6(8)9/h4,6H,2H2,1H3,(H,12,13)(H,14,15)/t4-/m0/s1. The molecule has 4 nitrogen and oxygen atoms in total. The molecule has 0 aromatic carbocycles. The lowest BCUT2D eigenvalue weighted by Crippen LogP contribution is -2.42. The van der Waals surface area contributed by atoms with E-state index in [1.54, 1.807) is 0 Å². The van der Waals surface area contributed by atoms with E-state index in [0.717, 1.165) is 6.92 Å². The van der Waals surface area contributed by atoms with E-state index in [0.29, 0.717) is 0 Å². The molecule has 0 aliphatic carbocycles. The maximum atomic E-state index is 13.1. The Bertz CT molecular complexity index is 278. The molecule has 1 atom stereocenters. The first-order chi connectivity index (χ1) is 7.16. The first-order valence-electron chi connectivity index (χ1n) is 3.96. The first kappa shape index (κ1) is 16.1. The topological polar surface area (TPSA) is 66.4 Å². The molecule has 0 saturated carbocycles. The molecule has 0 aliphatic heterocycles. The van der Waals surface area contributed by atoms with Crippen molar-refractivity contribution in [1.82, 2.24) is 5.32 Å². The zero-order valence-corrected chi connectivity index (χ0v) is 12.0. The van der Waals surface area contributed by atoms with Gasteiger partial charge in [0.1, 0.15) is 9.78 Å². The van der Waals surface area contributed by atoms with Crippen molar-refractivity contribution in [3.8, 4) is 0 Å². The predicted molar refractivity (Wildman–Crippen MR) is 64.3 cm³/mol.